The van der Waals surface area contributed by atoms with Crippen LogP contribution < -0.4 is 5.32 Å². The zero-order valence-electron chi connectivity index (χ0n) is 13.1. The molecule has 1 aliphatic rings. The molecule has 0 bridgehead atoms. The van der Waals surface area contributed by atoms with E-state index < -0.39 is 0 Å². The minimum atomic E-state index is 0.253. The highest BCUT2D eigenvalue weighted by Crippen LogP contribution is 2.73. The van der Waals surface area contributed by atoms with Crippen LogP contribution in [0.2, 0.25) is 0 Å². The van der Waals surface area contributed by atoms with Gasteiger partial charge in [-0.25, -0.2) is 0 Å². The molecule has 0 aliphatic heterocycles. The molecule has 1 fully saturated rings. The molecule has 102 valence electrons. The van der Waals surface area contributed by atoms with Crippen LogP contribution in [-0.4, -0.2) is 12.1 Å². The van der Waals surface area contributed by atoms with Crippen molar-refractivity contribution in [1.29, 1.82) is 0 Å². The SMILES string of the molecule is CCCC1(CCC)C(CNC(C)(C)C)C1(C)C. The molecule has 0 heterocycles. The van der Waals surface area contributed by atoms with Gasteiger partial charge < -0.3 is 5.32 Å². The second-order valence-electron chi connectivity index (χ2n) is 7.56. The van der Waals surface area contributed by atoms with Crippen LogP contribution in [0, 0.1) is 16.7 Å². The molecule has 0 aromatic carbocycles. The van der Waals surface area contributed by atoms with Crippen molar-refractivity contribution in [3.63, 3.8) is 0 Å². The van der Waals surface area contributed by atoms with E-state index in [1.807, 2.05) is 0 Å². The fourth-order valence-corrected chi connectivity index (χ4v) is 3.93. The van der Waals surface area contributed by atoms with Crippen molar-refractivity contribution in [2.45, 2.75) is 79.7 Å². The van der Waals surface area contributed by atoms with Gasteiger partial charge in [0.1, 0.15) is 0 Å². The van der Waals surface area contributed by atoms with Gasteiger partial charge in [0.15, 0.2) is 0 Å². The molecule has 1 aliphatic carbocycles. The van der Waals surface area contributed by atoms with Crippen molar-refractivity contribution >= 4 is 0 Å². The zero-order chi connectivity index (χ0) is 13.3. The molecule has 1 heteroatoms. The zero-order valence-corrected chi connectivity index (χ0v) is 13.1. The van der Waals surface area contributed by atoms with Crippen LogP contribution in [-0.2, 0) is 0 Å². The highest BCUT2D eigenvalue weighted by atomic mass is 15.0. The van der Waals surface area contributed by atoms with E-state index in [0.717, 1.165) is 5.92 Å². The summed E-state index contributed by atoms with van der Waals surface area (Å²) in [6.07, 6.45) is 5.47. The first kappa shape index (κ1) is 15.0. The van der Waals surface area contributed by atoms with E-state index in [2.05, 4.69) is 53.8 Å². The van der Waals surface area contributed by atoms with Crippen LogP contribution in [0.4, 0.5) is 0 Å². The molecule has 0 saturated heterocycles. The normalized spacial score (nSPS) is 25.9. The summed E-state index contributed by atoms with van der Waals surface area (Å²) >= 11 is 0. The van der Waals surface area contributed by atoms with Crippen molar-refractivity contribution in [2.75, 3.05) is 6.54 Å². The van der Waals surface area contributed by atoms with Crippen LogP contribution in [0.15, 0.2) is 0 Å². The largest absolute Gasteiger partial charge is 0.312 e. The molecule has 0 spiro atoms. The first-order valence-corrected chi connectivity index (χ1v) is 7.46. The molecule has 1 nitrogen and oxygen atoms in total. The monoisotopic (exact) mass is 239 g/mol. The first-order chi connectivity index (χ1) is 7.71. The molecule has 1 saturated carbocycles. The van der Waals surface area contributed by atoms with Crippen molar-refractivity contribution < 1.29 is 0 Å². The standard InChI is InChI=1S/C16H33N/c1-8-10-16(11-9-2)13(15(16,6)7)12-17-14(3,4)5/h13,17H,8-12H2,1-7H3. The van der Waals surface area contributed by atoms with Gasteiger partial charge in [-0.2, -0.15) is 0 Å². The summed E-state index contributed by atoms with van der Waals surface area (Å²) in [6.45, 7) is 17.6. The van der Waals surface area contributed by atoms with Crippen molar-refractivity contribution in [2.24, 2.45) is 16.7 Å². The van der Waals surface area contributed by atoms with Gasteiger partial charge in [0.2, 0.25) is 0 Å². The quantitative estimate of drug-likeness (QED) is 0.713. The first-order valence-electron chi connectivity index (χ1n) is 7.46. The lowest BCUT2D eigenvalue weighted by Crippen LogP contribution is -2.38. The Bertz CT molecular complexity index is 241. The van der Waals surface area contributed by atoms with Gasteiger partial charge in [-0.05, 0) is 56.9 Å². The number of hydrogen-bond acceptors (Lipinski definition) is 1. The number of nitrogens with one attached hydrogen (secondary N) is 1. The molecule has 1 N–H and O–H groups in total. The highest BCUT2D eigenvalue weighted by Gasteiger charge is 2.68. The van der Waals surface area contributed by atoms with Crippen LogP contribution in [0.25, 0.3) is 0 Å². The van der Waals surface area contributed by atoms with Crippen molar-refractivity contribution in [3.8, 4) is 0 Å². The molecular weight excluding hydrogens is 206 g/mol. The van der Waals surface area contributed by atoms with Gasteiger partial charge in [0, 0.05) is 5.54 Å². The lowest BCUT2D eigenvalue weighted by atomic mass is 9.86. The molecule has 0 radical (unpaired) electrons. The van der Waals surface area contributed by atoms with E-state index >= 15 is 0 Å². The van der Waals surface area contributed by atoms with E-state index in [0.29, 0.717) is 10.8 Å². The predicted octanol–water partition coefficient (Wildman–Crippen LogP) is 4.62. The fourth-order valence-electron chi connectivity index (χ4n) is 3.93. The summed E-state index contributed by atoms with van der Waals surface area (Å²) in [5.41, 5.74) is 1.41. The van der Waals surface area contributed by atoms with Gasteiger partial charge in [-0.3, -0.25) is 0 Å². The summed E-state index contributed by atoms with van der Waals surface area (Å²) in [6, 6.07) is 0. The predicted molar refractivity (Wildman–Crippen MR) is 77.3 cm³/mol. The van der Waals surface area contributed by atoms with Crippen molar-refractivity contribution in [3.05, 3.63) is 0 Å². The molecule has 17 heavy (non-hydrogen) atoms. The second kappa shape index (κ2) is 4.91. The minimum Gasteiger partial charge on any atom is -0.312 e. The Hall–Kier alpha value is -0.0400. The van der Waals surface area contributed by atoms with Crippen LogP contribution in [0.1, 0.15) is 74.1 Å². The number of hydrogen-bond donors (Lipinski definition) is 1. The lowest BCUT2D eigenvalue weighted by Gasteiger charge is -2.22. The Morgan fingerprint density at radius 3 is 1.82 bits per heavy atom. The van der Waals surface area contributed by atoms with E-state index in [4.69, 9.17) is 0 Å². The average Bonchev–Trinajstić information content (AvgIpc) is 2.59. The Balaban J connectivity index is 2.66. The maximum atomic E-state index is 3.71. The summed E-state index contributed by atoms with van der Waals surface area (Å²) in [4.78, 5) is 0. The maximum Gasteiger partial charge on any atom is 0.00966 e. The van der Waals surface area contributed by atoms with Crippen LogP contribution in [0.3, 0.4) is 0 Å². The molecule has 0 amide bonds. The van der Waals surface area contributed by atoms with E-state index in [1.54, 1.807) is 0 Å². The summed E-state index contributed by atoms with van der Waals surface area (Å²) in [7, 11) is 0. The topological polar surface area (TPSA) is 12.0 Å². The third kappa shape index (κ3) is 2.86. The summed E-state index contributed by atoms with van der Waals surface area (Å²) < 4.78 is 0. The Morgan fingerprint density at radius 1 is 1.00 bits per heavy atom. The van der Waals surface area contributed by atoms with E-state index in [-0.39, 0.29) is 5.54 Å². The smallest absolute Gasteiger partial charge is 0.00966 e. The van der Waals surface area contributed by atoms with Crippen LogP contribution >= 0.6 is 0 Å². The van der Waals surface area contributed by atoms with E-state index in [1.165, 1.54) is 32.2 Å². The van der Waals surface area contributed by atoms with Gasteiger partial charge >= 0.3 is 0 Å². The lowest BCUT2D eigenvalue weighted by molar-refractivity contribution is 0.313. The van der Waals surface area contributed by atoms with Crippen LogP contribution in [0.5, 0.6) is 0 Å². The Labute approximate surface area is 109 Å². The highest BCUT2D eigenvalue weighted by molar-refractivity contribution is 5.17. The van der Waals surface area contributed by atoms with Gasteiger partial charge in [-0.1, -0.05) is 40.5 Å². The molecule has 1 unspecified atom stereocenters. The average molecular weight is 239 g/mol. The summed E-state index contributed by atoms with van der Waals surface area (Å²) in [5, 5.41) is 3.71. The molecular formula is C16H33N. The maximum absolute atomic E-state index is 3.71. The van der Waals surface area contributed by atoms with Gasteiger partial charge in [0.05, 0.1) is 0 Å². The molecule has 0 aromatic rings. The Morgan fingerprint density at radius 2 is 1.47 bits per heavy atom. The van der Waals surface area contributed by atoms with Gasteiger partial charge in [0.25, 0.3) is 0 Å². The molecule has 1 atom stereocenters. The molecule has 0 aromatic heterocycles. The third-order valence-electron chi connectivity index (χ3n) is 4.97. The van der Waals surface area contributed by atoms with Crippen molar-refractivity contribution in [1.82, 2.24) is 5.32 Å². The van der Waals surface area contributed by atoms with E-state index in [9.17, 15) is 0 Å². The summed E-state index contributed by atoms with van der Waals surface area (Å²) in [5.74, 6) is 0.870. The molecule has 1 rings (SSSR count). The third-order valence-corrected chi connectivity index (χ3v) is 4.97. The second-order valence-corrected chi connectivity index (χ2v) is 7.56. The van der Waals surface area contributed by atoms with Gasteiger partial charge in [-0.15, -0.1) is 0 Å². The fraction of sp³-hybridized carbons (Fsp3) is 1.00. The number of rotatable bonds is 6. The minimum absolute atomic E-state index is 0.253. The Kier molecular flexibility index (Phi) is 4.34.